The molecule has 0 radical (unpaired) electrons. The number of thiophene rings is 1. The number of halogens is 1. The van der Waals surface area contributed by atoms with E-state index >= 15 is 0 Å². The molecule has 23 heavy (non-hydrogen) atoms. The van der Waals surface area contributed by atoms with Gasteiger partial charge in [-0.15, -0.1) is 11.3 Å². The van der Waals surface area contributed by atoms with Crippen LogP contribution in [0.1, 0.15) is 12.8 Å². The predicted octanol–water partition coefficient (Wildman–Crippen LogP) is 2.15. The van der Waals surface area contributed by atoms with Crippen LogP contribution in [0.4, 0.5) is 0 Å². The molecule has 3 rings (SSSR count). The van der Waals surface area contributed by atoms with Crippen LogP contribution in [-0.2, 0) is 23.1 Å². The lowest BCUT2D eigenvalue weighted by atomic mass is 10.3. The maximum atomic E-state index is 12.1. The van der Waals surface area contributed by atoms with Crippen LogP contribution in [0.15, 0.2) is 33.3 Å². The number of nitrogens with zero attached hydrogens (tertiary/aromatic N) is 4. The summed E-state index contributed by atoms with van der Waals surface area (Å²) in [4.78, 5) is 4.15. The summed E-state index contributed by atoms with van der Waals surface area (Å²) in [6.45, 7) is 2.59. The Morgan fingerprint density at radius 2 is 2.26 bits per heavy atom. The lowest BCUT2D eigenvalue weighted by Gasteiger charge is -2.00. The van der Waals surface area contributed by atoms with E-state index in [4.69, 9.17) is 16.1 Å². The Kier molecular flexibility index (Phi) is 4.48. The molecule has 0 amide bonds. The lowest BCUT2D eigenvalue weighted by molar-refractivity contribution is 0.376. The van der Waals surface area contributed by atoms with E-state index in [0.717, 1.165) is 17.9 Å². The summed E-state index contributed by atoms with van der Waals surface area (Å²) < 4.78 is 33.9. The van der Waals surface area contributed by atoms with Crippen molar-refractivity contribution in [3.8, 4) is 11.4 Å². The molecule has 1 N–H and O–H groups in total. The van der Waals surface area contributed by atoms with Crippen molar-refractivity contribution in [2.45, 2.75) is 24.2 Å². The van der Waals surface area contributed by atoms with Gasteiger partial charge < -0.3 is 4.52 Å². The van der Waals surface area contributed by atoms with Gasteiger partial charge in [-0.05, 0) is 19.1 Å². The van der Waals surface area contributed by atoms with Gasteiger partial charge in [0.1, 0.15) is 4.21 Å². The summed E-state index contributed by atoms with van der Waals surface area (Å²) in [6, 6.07) is 2.96. The van der Waals surface area contributed by atoms with E-state index in [1.807, 2.05) is 6.92 Å². The van der Waals surface area contributed by atoms with E-state index < -0.39 is 10.0 Å². The van der Waals surface area contributed by atoms with Gasteiger partial charge in [0.25, 0.3) is 10.0 Å². The molecule has 0 unspecified atom stereocenters. The van der Waals surface area contributed by atoms with E-state index in [0.29, 0.717) is 15.7 Å². The minimum absolute atomic E-state index is 0.104. The molecule has 3 aromatic rings. The van der Waals surface area contributed by atoms with Crippen molar-refractivity contribution in [1.82, 2.24) is 24.6 Å². The average molecular weight is 374 g/mol. The quantitative estimate of drug-likeness (QED) is 0.710. The molecule has 0 saturated heterocycles. The smallest absolute Gasteiger partial charge is 0.250 e. The van der Waals surface area contributed by atoms with Crippen molar-refractivity contribution in [3.63, 3.8) is 0 Å². The monoisotopic (exact) mass is 373 g/mol. The van der Waals surface area contributed by atoms with Crippen LogP contribution in [0.25, 0.3) is 11.4 Å². The van der Waals surface area contributed by atoms with Crippen molar-refractivity contribution >= 4 is 33.0 Å². The van der Waals surface area contributed by atoms with Crippen molar-refractivity contribution in [3.05, 3.63) is 34.8 Å². The second-order valence-corrected chi connectivity index (χ2v) is 8.19. The fraction of sp³-hybridized carbons (Fsp3) is 0.250. The molecule has 0 saturated carbocycles. The van der Waals surface area contributed by atoms with Gasteiger partial charge in [0, 0.05) is 12.7 Å². The standard InChI is InChI=1S/C12H12ClN5O3S2/c1-2-18-7-8(5-14-18)12-16-10(21-17-12)6-15-23(19,20)11-4-3-9(13)22-11/h3-5,7,15H,2,6H2,1H3. The summed E-state index contributed by atoms with van der Waals surface area (Å²) >= 11 is 6.72. The fourth-order valence-corrected chi connectivity index (χ4v) is 4.27. The molecule has 8 nitrogen and oxygen atoms in total. The Morgan fingerprint density at radius 1 is 1.43 bits per heavy atom. The molecule has 0 fully saturated rings. The molecule has 0 aliphatic heterocycles. The predicted molar refractivity (Wildman–Crippen MR) is 84.5 cm³/mol. The van der Waals surface area contributed by atoms with Crippen LogP contribution in [0.2, 0.25) is 4.34 Å². The summed E-state index contributed by atoms with van der Waals surface area (Å²) in [6.07, 6.45) is 3.41. The van der Waals surface area contributed by atoms with E-state index in [2.05, 4.69) is 20.0 Å². The minimum atomic E-state index is -3.65. The molecule has 0 spiro atoms. The van der Waals surface area contributed by atoms with Crippen LogP contribution >= 0.6 is 22.9 Å². The maximum absolute atomic E-state index is 12.1. The Hall–Kier alpha value is -1.75. The van der Waals surface area contributed by atoms with Crippen LogP contribution in [0, 0.1) is 0 Å². The van der Waals surface area contributed by atoms with Gasteiger partial charge in [-0.2, -0.15) is 10.1 Å². The molecule has 3 heterocycles. The van der Waals surface area contributed by atoms with Gasteiger partial charge in [0.05, 0.1) is 22.6 Å². The molecule has 0 bridgehead atoms. The van der Waals surface area contributed by atoms with E-state index in [-0.39, 0.29) is 16.6 Å². The maximum Gasteiger partial charge on any atom is 0.250 e. The van der Waals surface area contributed by atoms with E-state index in [1.54, 1.807) is 17.1 Å². The highest BCUT2D eigenvalue weighted by atomic mass is 35.5. The number of hydrogen-bond acceptors (Lipinski definition) is 7. The number of aromatic nitrogens is 4. The van der Waals surface area contributed by atoms with Gasteiger partial charge in [0.15, 0.2) is 0 Å². The highest BCUT2D eigenvalue weighted by Crippen LogP contribution is 2.25. The van der Waals surface area contributed by atoms with Crippen molar-refractivity contribution in [2.24, 2.45) is 0 Å². The summed E-state index contributed by atoms with van der Waals surface area (Å²) in [7, 11) is -3.65. The van der Waals surface area contributed by atoms with Crippen LogP contribution in [0.5, 0.6) is 0 Å². The molecule has 0 aromatic carbocycles. The Balaban J connectivity index is 1.70. The average Bonchev–Trinajstić information content (AvgIpc) is 3.25. The first-order valence-electron chi connectivity index (χ1n) is 6.58. The van der Waals surface area contributed by atoms with E-state index in [9.17, 15) is 8.42 Å². The summed E-state index contributed by atoms with van der Waals surface area (Å²) in [5.74, 6) is 0.522. The Bertz CT molecular complexity index is 915. The topological polar surface area (TPSA) is 103 Å². The molecular formula is C12H12ClN5O3S2. The van der Waals surface area contributed by atoms with Crippen molar-refractivity contribution < 1.29 is 12.9 Å². The van der Waals surface area contributed by atoms with Gasteiger partial charge >= 0.3 is 0 Å². The highest BCUT2D eigenvalue weighted by molar-refractivity contribution is 7.91. The first-order chi connectivity index (χ1) is 11.0. The van der Waals surface area contributed by atoms with Gasteiger partial charge in [-0.1, -0.05) is 16.8 Å². The molecule has 0 aliphatic carbocycles. The first-order valence-corrected chi connectivity index (χ1v) is 9.26. The number of nitrogens with one attached hydrogen (secondary N) is 1. The summed E-state index contributed by atoms with van der Waals surface area (Å²) in [5.41, 5.74) is 0.703. The highest BCUT2D eigenvalue weighted by Gasteiger charge is 2.18. The third-order valence-electron chi connectivity index (χ3n) is 2.91. The van der Waals surface area contributed by atoms with Gasteiger partial charge in [0.2, 0.25) is 11.7 Å². The Labute approximate surface area is 141 Å². The van der Waals surface area contributed by atoms with Crippen molar-refractivity contribution in [1.29, 1.82) is 0 Å². The molecule has 0 aliphatic rings. The molecule has 11 heteroatoms. The van der Waals surface area contributed by atoms with Crippen LogP contribution in [0.3, 0.4) is 0 Å². The number of sulfonamides is 1. The third kappa shape index (κ3) is 3.61. The van der Waals surface area contributed by atoms with Crippen molar-refractivity contribution in [2.75, 3.05) is 0 Å². The second kappa shape index (κ2) is 6.40. The van der Waals surface area contributed by atoms with Gasteiger partial charge in [-0.25, -0.2) is 13.1 Å². The number of rotatable bonds is 6. The van der Waals surface area contributed by atoms with Crippen LogP contribution < -0.4 is 4.72 Å². The molecule has 3 aromatic heterocycles. The van der Waals surface area contributed by atoms with Crippen LogP contribution in [-0.4, -0.2) is 28.3 Å². The fourth-order valence-electron chi connectivity index (χ4n) is 1.77. The number of aryl methyl sites for hydroxylation is 1. The minimum Gasteiger partial charge on any atom is -0.338 e. The molecular weight excluding hydrogens is 362 g/mol. The lowest BCUT2D eigenvalue weighted by Crippen LogP contribution is -2.22. The molecule has 0 atom stereocenters. The molecule has 122 valence electrons. The van der Waals surface area contributed by atoms with E-state index in [1.165, 1.54) is 12.1 Å². The summed E-state index contributed by atoms with van der Waals surface area (Å²) in [5, 5.41) is 7.94. The zero-order valence-electron chi connectivity index (χ0n) is 11.9. The second-order valence-electron chi connectivity index (χ2n) is 4.48. The zero-order chi connectivity index (χ0) is 16.4. The number of hydrogen-bond donors (Lipinski definition) is 1. The first kappa shape index (κ1) is 16.1. The normalized spacial score (nSPS) is 11.9. The zero-order valence-corrected chi connectivity index (χ0v) is 14.3. The van der Waals surface area contributed by atoms with Gasteiger partial charge in [-0.3, -0.25) is 4.68 Å². The Morgan fingerprint density at radius 3 is 2.91 bits per heavy atom. The SMILES string of the molecule is CCn1cc(-c2noc(CNS(=O)(=O)c3ccc(Cl)s3)n2)cn1. The largest absolute Gasteiger partial charge is 0.338 e. The third-order valence-corrected chi connectivity index (χ3v) is 6.03.